The first-order valence-electron chi connectivity index (χ1n) is 16.1. The lowest BCUT2D eigenvalue weighted by molar-refractivity contribution is -0.249. The summed E-state index contributed by atoms with van der Waals surface area (Å²) in [4.78, 5) is 3.66. The molecule has 0 amide bonds. The second kappa shape index (κ2) is 14.7. The maximum absolute atomic E-state index is 15.1. The third kappa shape index (κ3) is 6.89. The molecule has 254 valence electrons. The molecule has 0 aliphatic carbocycles. The van der Waals surface area contributed by atoms with Gasteiger partial charge in [-0.15, -0.1) is 11.3 Å². The van der Waals surface area contributed by atoms with Crippen LogP contribution in [0.3, 0.4) is 0 Å². The van der Waals surface area contributed by atoms with Gasteiger partial charge in [0.25, 0.3) is 5.60 Å². The van der Waals surface area contributed by atoms with E-state index in [9.17, 15) is 15.8 Å². The number of nitrogens with zero attached hydrogens (tertiary/aromatic N) is 4. The molecule has 0 radical (unpaired) electrons. The molecule has 9 heteroatoms. The minimum absolute atomic E-state index is 0.290. The molecule has 0 fully saturated rings. The maximum atomic E-state index is 15.1. The first-order chi connectivity index (χ1) is 25.1. The van der Waals surface area contributed by atoms with Crippen molar-refractivity contribution in [3.05, 3.63) is 176 Å². The van der Waals surface area contributed by atoms with Gasteiger partial charge in [0.05, 0.1) is 0 Å². The number of allylic oxidation sites excluding steroid dienone is 2. The van der Waals surface area contributed by atoms with Crippen LogP contribution in [0.2, 0.25) is 0 Å². The minimum Gasteiger partial charge on any atom is -0.465 e. The first-order valence-corrected chi connectivity index (χ1v) is 16.9. The zero-order valence-corrected chi connectivity index (χ0v) is 28.8. The summed E-state index contributed by atoms with van der Waals surface area (Å²) in [6, 6.07) is 40.2. The van der Waals surface area contributed by atoms with E-state index in [4.69, 9.17) is 4.74 Å². The predicted octanol–water partition coefficient (Wildman–Crippen LogP) is 11.6. The van der Waals surface area contributed by atoms with Crippen molar-refractivity contribution in [3.63, 3.8) is 0 Å². The van der Waals surface area contributed by atoms with E-state index >= 15 is 13.2 Å². The SMILES string of the molecule is Cc1ccc(N(c2ccc(C)cc2)c2ccc(/C=C/c3ccc(/C=C/C4=C(C#N)C(=C(C#N)C#N)OC4(c4ccccc4)C(F)(F)F)s3)cc2)cc1. The summed E-state index contributed by atoms with van der Waals surface area (Å²) in [5.74, 6) is -0.699. The van der Waals surface area contributed by atoms with Crippen molar-refractivity contribution in [1.29, 1.82) is 15.8 Å². The van der Waals surface area contributed by atoms with Crippen LogP contribution in [-0.2, 0) is 10.3 Å². The molecule has 1 unspecified atom stereocenters. The van der Waals surface area contributed by atoms with E-state index < -0.39 is 34.3 Å². The van der Waals surface area contributed by atoms with Crippen LogP contribution in [0.25, 0.3) is 18.2 Å². The molecule has 4 aromatic carbocycles. The molecular formula is C43H29F3N4OS. The van der Waals surface area contributed by atoms with Crippen molar-refractivity contribution in [3.8, 4) is 18.2 Å². The quantitative estimate of drug-likeness (QED) is 0.150. The molecule has 1 atom stereocenters. The zero-order valence-electron chi connectivity index (χ0n) is 28.0. The maximum Gasteiger partial charge on any atom is 0.437 e. The second-order valence-electron chi connectivity index (χ2n) is 12.0. The molecular weight excluding hydrogens is 678 g/mol. The topological polar surface area (TPSA) is 83.8 Å². The van der Waals surface area contributed by atoms with E-state index in [-0.39, 0.29) is 5.56 Å². The minimum atomic E-state index is -5.05. The summed E-state index contributed by atoms with van der Waals surface area (Å²) >= 11 is 1.34. The number of thiophene rings is 1. The number of hydrogen-bond acceptors (Lipinski definition) is 6. The third-order valence-electron chi connectivity index (χ3n) is 8.51. The fourth-order valence-corrected chi connectivity index (χ4v) is 6.71. The van der Waals surface area contributed by atoms with Crippen LogP contribution in [0, 0.1) is 47.8 Å². The lowest BCUT2D eigenvalue weighted by Gasteiger charge is -2.33. The van der Waals surface area contributed by atoms with Gasteiger partial charge in [-0.3, -0.25) is 0 Å². The van der Waals surface area contributed by atoms with Crippen molar-refractivity contribution >= 4 is 46.6 Å². The number of rotatable bonds is 8. The van der Waals surface area contributed by atoms with Gasteiger partial charge in [-0.25, -0.2) is 0 Å². The average Bonchev–Trinajstić information content (AvgIpc) is 3.75. The Bertz CT molecular complexity index is 2290. The number of hydrogen-bond donors (Lipinski definition) is 0. The van der Waals surface area contributed by atoms with Crippen LogP contribution < -0.4 is 4.90 Å². The zero-order chi connectivity index (χ0) is 36.9. The summed E-state index contributed by atoms with van der Waals surface area (Å²) in [7, 11) is 0. The molecule has 0 saturated carbocycles. The molecule has 1 aliphatic rings. The van der Waals surface area contributed by atoms with Crippen molar-refractivity contribution in [1.82, 2.24) is 0 Å². The molecule has 52 heavy (non-hydrogen) atoms. The van der Waals surface area contributed by atoms with Crippen LogP contribution in [0.4, 0.5) is 30.2 Å². The highest BCUT2D eigenvalue weighted by Gasteiger charge is 2.65. The molecule has 2 heterocycles. The smallest absolute Gasteiger partial charge is 0.437 e. The number of aryl methyl sites for hydroxylation is 2. The monoisotopic (exact) mass is 706 g/mol. The highest BCUT2D eigenvalue weighted by atomic mass is 32.1. The largest absolute Gasteiger partial charge is 0.465 e. The Kier molecular flexibility index (Phi) is 9.97. The molecule has 5 nitrogen and oxygen atoms in total. The summed E-state index contributed by atoms with van der Waals surface area (Å²) < 4.78 is 50.7. The van der Waals surface area contributed by atoms with E-state index in [0.29, 0.717) is 4.88 Å². The highest BCUT2D eigenvalue weighted by molar-refractivity contribution is 7.13. The van der Waals surface area contributed by atoms with Gasteiger partial charge < -0.3 is 9.64 Å². The van der Waals surface area contributed by atoms with E-state index in [1.54, 1.807) is 30.3 Å². The fourth-order valence-electron chi connectivity index (χ4n) is 5.89. The lowest BCUT2D eigenvalue weighted by atomic mass is 9.84. The van der Waals surface area contributed by atoms with Gasteiger partial charge >= 0.3 is 6.18 Å². The Morgan fingerprint density at radius 1 is 0.673 bits per heavy atom. The number of anilines is 3. The molecule has 1 aliphatic heterocycles. The molecule has 1 aromatic heterocycles. The summed E-state index contributed by atoms with van der Waals surface area (Å²) in [5, 5.41) is 29.0. The molecule has 0 spiro atoms. The van der Waals surface area contributed by atoms with Crippen LogP contribution in [0.15, 0.2) is 144 Å². The Balaban J connectivity index is 1.29. The van der Waals surface area contributed by atoms with Crippen LogP contribution in [0.5, 0.6) is 0 Å². The summed E-state index contributed by atoms with van der Waals surface area (Å²) in [5.41, 5.74) is 1.22. The standard InChI is InChI=1S/C43H29F3N4OS/c1-29-8-15-34(16-9-29)50(35-17-10-30(2)11-18-35)36-19-12-31(13-20-36)14-21-37-22-23-38(52-37)24-25-40-39(28-49)41(32(26-47)27-48)51-42(40,43(44,45)46)33-6-4-3-5-7-33/h3-25H,1-2H3/b21-14+,25-24+. The van der Waals surface area contributed by atoms with E-state index in [1.807, 2.05) is 30.4 Å². The van der Waals surface area contributed by atoms with Crippen molar-refractivity contribution in [2.24, 2.45) is 0 Å². The van der Waals surface area contributed by atoms with Gasteiger partial charge in [0.2, 0.25) is 0 Å². The van der Waals surface area contributed by atoms with Crippen LogP contribution >= 0.6 is 11.3 Å². The average molecular weight is 707 g/mol. The van der Waals surface area contributed by atoms with Crippen molar-refractivity contribution in [2.75, 3.05) is 4.90 Å². The van der Waals surface area contributed by atoms with Gasteiger partial charge in [-0.1, -0.05) is 90.0 Å². The van der Waals surface area contributed by atoms with E-state index in [1.165, 1.54) is 58.9 Å². The van der Waals surface area contributed by atoms with Crippen LogP contribution in [-0.4, -0.2) is 6.18 Å². The van der Waals surface area contributed by atoms with Gasteiger partial charge in [0, 0.05) is 38.0 Å². The molecule has 0 bridgehead atoms. The van der Waals surface area contributed by atoms with Gasteiger partial charge in [-0.2, -0.15) is 29.0 Å². The highest BCUT2D eigenvalue weighted by Crippen LogP contribution is 2.56. The van der Waals surface area contributed by atoms with Crippen molar-refractivity contribution in [2.45, 2.75) is 25.6 Å². The van der Waals surface area contributed by atoms with Crippen molar-refractivity contribution < 1.29 is 17.9 Å². The lowest BCUT2D eigenvalue weighted by Crippen LogP contribution is -2.43. The number of ether oxygens (including phenoxy) is 1. The first kappa shape index (κ1) is 35.2. The fraction of sp³-hybridized carbons (Fsp3) is 0.0930. The third-order valence-corrected chi connectivity index (χ3v) is 9.53. The van der Waals surface area contributed by atoms with E-state index in [0.717, 1.165) is 27.5 Å². The molecule has 0 N–H and O–H groups in total. The van der Waals surface area contributed by atoms with Gasteiger partial charge in [0.15, 0.2) is 11.3 Å². The molecule has 0 saturated heterocycles. The summed E-state index contributed by atoms with van der Waals surface area (Å²) in [6.07, 6.45) is 1.49. The number of alkyl halides is 3. The Labute approximate surface area is 304 Å². The summed E-state index contributed by atoms with van der Waals surface area (Å²) in [6.45, 7) is 4.11. The normalized spacial score (nSPS) is 15.7. The second-order valence-corrected chi connectivity index (χ2v) is 13.1. The molecule has 6 rings (SSSR count). The molecule has 5 aromatic rings. The number of nitriles is 3. The Hall–Kier alpha value is -6.60. The van der Waals surface area contributed by atoms with Gasteiger partial charge in [0.1, 0.15) is 23.8 Å². The number of halogens is 3. The Morgan fingerprint density at radius 2 is 1.17 bits per heavy atom. The predicted molar refractivity (Wildman–Crippen MR) is 199 cm³/mol. The van der Waals surface area contributed by atoms with Crippen LogP contribution in [0.1, 0.15) is 32.0 Å². The van der Waals surface area contributed by atoms with Gasteiger partial charge in [-0.05, 0) is 80.1 Å². The Morgan fingerprint density at radius 3 is 1.65 bits per heavy atom. The number of benzene rings is 4. The van der Waals surface area contributed by atoms with E-state index in [2.05, 4.69) is 79.4 Å².